The second-order valence-corrected chi connectivity index (χ2v) is 6.12. The van der Waals surface area contributed by atoms with Crippen LogP contribution in [0.1, 0.15) is 30.1 Å². The smallest absolute Gasteiger partial charge is 0.331 e. The zero-order valence-electron chi connectivity index (χ0n) is 13.6. The van der Waals surface area contributed by atoms with Gasteiger partial charge >= 0.3 is 5.69 Å². The summed E-state index contributed by atoms with van der Waals surface area (Å²) >= 11 is 0. The minimum atomic E-state index is -0.662. The first-order chi connectivity index (χ1) is 12.6. The Morgan fingerprint density at radius 1 is 1.35 bits per heavy atom. The molecule has 130 valence electrons. The highest BCUT2D eigenvalue weighted by Crippen LogP contribution is 2.33. The number of oxazole rings is 1. The van der Waals surface area contributed by atoms with Gasteiger partial charge in [0.2, 0.25) is 5.89 Å². The normalized spacial score (nSPS) is 13.5. The van der Waals surface area contributed by atoms with Crippen molar-refractivity contribution in [3.05, 3.63) is 74.6 Å². The summed E-state index contributed by atoms with van der Waals surface area (Å²) in [4.78, 5) is 29.2. The summed E-state index contributed by atoms with van der Waals surface area (Å²) in [5.41, 5.74) is -0.451. The Bertz CT molecular complexity index is 1150. The van der Waals surface area contributed by atoms with E-state index in [-0.39, 0.29) is 24.0 Å². The van der Waals surface area contributed by atoms with Crippen LogP contribution in [-0.4, -0.2) is 14.1 Å². The molecule has 0 saturated heterocycles. The van der Waals surface area contributed by atoms with Crippen LogP contribution in [0.15, 0.2) is 50.7 Å². The largest absolute Gasteiger partial charge is 0.444 e. The molecular weight excluding hydrogens is 339 g/mol. The Hall–Kier alpha value is -3.47. The Morgan fingerprint density at radius 3 is 2.85 bits per heavy atom. The SMILES string of the molecule is N#Cc1cn(C2CC2)c(=O)n(Cc2coc(-c3cccc(F)c3)n2)c1=O. The van der Waals surface area contributed by atoms with Crippen LogP contribution >= 0.6 is 0 Å². The van der Waals surface area contributed by atoms with E-state index in [1.807, 2.05) is 6.07 Å². The van der Waals surface area contributed by atoms with Crippen molar-refractivity contribution in [2.45, 2.75) is 25.4 Å². The van der Waals surface area contributed by atoms with Crippen LogP contribution in [0.5, 0.6) is 0 Å². The third-order valence-electron chi connectivity index (χ3n) is 4.20. The number of halogens is 1. The molecule has 0 unspecified atom stereocenters. The van der Waals surface area contributed by atoms with Crippen molar-refractivity contribution in [1.82, 2.24) is 14.1 Å². The van der Waals surface area contributed by atoms with Gasteiger partial charge in [-0.3, -0.25) is 13.9 Å². The molecule has 3 aromatic rings. The molecule has 1 fully saturated rings. The van der Waals surface area contributed by atoms with Crippen molar-refractivity contribution >= 4 is 0 Å². The quantitative estimate of drug-likeness (QED) is 0.716. The topological polar surface area (TPSA) is 93.8 Å². The van der Waals surface area contributed by atoms with Crippen molar-refractivity contribution in [3.8, 4) is 17.5 Å². The average Bonchev–Trinajstić information content (AvgIpc) is 3.36. The summed E-state index contributed by atoms with van der Waals surface area (Å²) in [5.74, 6) is -0.237. The molecule has 1 saturated carbocycles. The summed E-state index contributed by atoms with van der Waals surface area (Å²) in [6.45, 7) is -0.126. The fourth-order valence-corrected chi connectivity index (χ4v) is 2.75. The zero-order valence-corrected chi connectivity index (χ0v) is 13.6. The third-order valence-corrected chi connectivity index (χ3v) is 4.20. The zero-order chi connectivity index (χ0) is 18.3. The van der Waals surface area contributed by atoms with E-state index in [1.165, 1.54) is 35.2 Å². The van der Waals surface area contributed by atoms with E-state index in [1.54, 1.807) is 6.07 Å². The Balaban J connectivity index is 1.72. The molecule has 0 radical (unpaired) electrons. The Morgan fingerprint density at radius 2 is 2.15 bits per heavy atom. The van der Waals surface area contributed by atoms with Gasteiger partial charge in [-0.05, 0) is 31.0 Å². The summed E-state index contributed by atoms with van der Waals surface area (Å²) in [6.07, 6.45) is 4.32. The minimum Gasteiger partial charge on any atom is -0.444 e. The molecule has 1 aliphatic carbocycles. The number of nitriles is 1. The van der Waals surface area contributed by atoms with E-state index < -0.39 is 17.1 Å². The highest BCUT2D eigenvalue weighted by atomic mass is 19.1. The molecule has 26 heavy (non-hydrogen) atoms. The first-order valence-corrected chi connectivity index (χ1v) is 8.03. The molecule has 1 aromatic carbocycles. The molecule has 0 spiro atoms. The lowest BCUT2D eigenvalue weighted by molar-refractivity contribution is 0.562. The predicted molar refractivity (Wildman–Crippen MR) is 88.9 cm³/mol. The fraction of sp³-hybridized carbons (Fsp3) is 0.222. The predicted octanol–water partition coefficient (Wildman–Crippen LogP) is 2.06. The number of nitrogens with zero attached hydrogens (tertiary/aromatic N) is 4. The third kappa shape index (κ3) is 2.84. The van der Waals surface area contributed by atoms with Gasteiger partial charge < -0.3 is 4.42 Å². The molecule has 0 atom stereocenters. The monoisotopic (exact) mass is 352 g/mol. The maximum Gasteiger partial charge on any atom is 0.331 e. The Kier molecular flexibility index (Phi) is 3.77. The molecule has 8 heteroatoms. The van der Waals surface area contributed by atoms with Crippen LogP contribution in [0.4, 0.5) is 4.39 Å². The second kappa shape index (κ2) is 6.11. The molecule has 1 aliphatic rings. The molecule has 0 aliphatic heterocycles. The van der Waals surface area contributed by atoms with Gasteiger partial charge in [0.05, 0.1) is 12.2 Å². The van der Waals surface area contributed by atoms with Gasteiger partial charge in [-0.25, -0.2) is 14.2 Å². The molecule has 2 heterocycles. The van der Waals surface area contributed by atoms with E-state index in [4.69, 9.17) is 9.68 Å². The van der Waals surface area contributed by atoms with Gasteiger partial charge in [-0.15, -0.1) is 0 Å². The first-order valence-electron chi connectivity index (χ1n) is 8.03. The van der Waals surface area contributed by atoms with Crippen molar-refractivity contribution in [1.29, 1.82) is 5.26 Å². The number of rotatable bonds is 4. The molecule has 7 nitrogen and oxygen atoms in total. The van der Waals surface area contributed by atoms with E-state index in [0.29, 0.717) is 11.3 Å². The lowest BCUT2D eigenvalue weighted by atomic mass is 10.2. The average molecular weight is 352 g/mol. The van der Waals surface area contributed by atoms with E-state index in [0.717, 1.165) is 17.4 Å². The molecule has 0 N–H and O–H groups in total. The van der Waals surface area contributed by atoms with Crippen molar-refractivity contribution in [3.63, 3.8) is 0 Å². The summed E-state index contributed by atoms with van der Waals surface area (Å²) in [5, 5.41) is 9.16. The maximum atomic E-state index is 13.3. The molecule has 0 bridgehead atoms. The fourth-order valence-electron chi connectivity index (χ4n) is 2.75. The van der Waals surface area contributed by atoms with Gasteiger partial charge in [0.1, 0.15) is 23.7 Å². The summed E-state index contributed by atoms with van der Waals surface area (Å²) < 4.78 is 21.1. The molecular formula is C18H13FN4O3. The van der Waals surface area contributed by atoms with Gasteiger partial charge in [-0.1, -0.05) is 6.07 Å². The van der Waals surface area contributed by atoms with Crippen LogP contribution in [0.3, 0.4) is 0 Å². The van der Waals surface area contributed by atoms with E-state index in [9.17, 15) is 14.0 Å². The summed E-state index contributed by atoms with van der Waals surface area (Å²) in [6, 6.07) is 7.61. The van der Waals surface area contributed by atoms with Gasteiger partial charge in [-0.2, -0.15) is 5.26 Å². The lowest BCUT2D eigenvalue weighted by Crippen LogP contribution is -2.41. The molecule has 4 rings (SSSR count). The standard InChI is InChI=1S/C18H13FN4O3/c19-13-3-1-2-11(6-13)16-21-14(10-26-16)9-23-17(24)12(7-20)8-22(18(23)25)15-4-5-15/h1-3,6,8,10,15H,4-5,9H2. The van der Waals surface area contributed by atoms with Crippen LogP contribution in [0.2, 0.25) is 0 Å². The maximum absolute atomic E-state index is 13.3. The minimum absolute atomic E-state index is 0.0293. The second-order valence-electron chi connectivity index (χ2n) is 6.12. The van der Waals surface area contributed by atoms with Gasteiger partial charge in [0.15, 0.2) is 0 Å². The number of aromatic nitrogens is 3. The van der Waals surface area contributed by atoms with Crippen LogP contribution in [0.25, 0.3) is 11.5 Å². The van der Waals surface area contributed by atoms with Crippen molar-refractivity contribution in [2.75, 3.05) is 0 Å². The molecule has 2 aromatic heterocycles. The number of hydrogen-bond acceptors (Lipinski definition) is 5. The first kappa shape index (κ1) is 16.0. The van der Waals surface area contributed by atoms with E-state index >= 15 is 0 Å². The number of benzene rings is 1. The molecule has 0 amide bonds. The summed E-state index contributed by atoms with van der Waals surface area (Å²) in [7, 11) is 0. The highest BCUT2D eigenvalue weighted by molar-refractivity contribution is 5.52. The van der Waals surface area contributed by atoms with Crippen molar-refractivity contribution in [2.24, 2.45) is 0 Å². The Labute approximate surface area is 146 Å². The van der Waals surface area contributed by atoms with E-state index in [2.05, 4.69) is 4.98 Å². The van der Waals surface area contributed by atoms with Gasteiger partial charge in [0.25, 0.3) is 5.56 Å². The lowest BCUT2D eigenvalue weighted by Gasteiger charge is -2.08. The van der Waals surface area contributed by atoms with Crippen LogP contribution < -0.4 is 11.2 Å². The van der Waals surface area contributed by atoms with Crippen molar-refractivity contribution < 1.29 is 8.81 Å². The number of hydrogen-bond donors (Lipinski definition) is 0. The van der Waals surface area contributed by atoms with Gasteiger partial charge in [0, 0.05) is 17.8 Å². The van der Waals surface area contributed by atoms with Crippen LogP contribution in [-0.2, 0) is 6.54 Å². The highest BCUT2D eigenvalue weighted by Gasteiger charge is 2.27. The van der Waals surface area contributed by atoms with Crippen LogP contribution in [0, 0.1) is 17.1 Å².